The van der Waals surface area contributed by atoms with Crippen LogP contribution in [0, 0.1) is 0 Å². The van der Waals surface area contributed by atoms with Crippen LogP contribution in [-0.4, -0.2) is 30.2 Å². The summed E-state index contributed by atoms with van der Waals surface area (Å²) in [6, 6.07) is 10.9. The molecule has 7 heteroatoms. The van der Waals surface area contributed by atoms with E-state index in [9.17, 15) is 9.59 Å². The molecule has 1 aromatic heterocycles. The van der Waals surface area contributed by atoms with Crippen LogP contribution in [0.1, 0.15) is 36.5 Å². The number of hydrogen-bond donors (Lipinski definition) is 3. The van der Waals surface area contributed by atoms with Gasteiger partial charge in [0.15, 0.2) is 0 Å². The molecule has 1 aromatic carbocycles. The van der Waals surface area contributed by atoms with Crippen molar-refractivity contribution in [3.8, 4) is 0 Å². The van der Waals surface area contributed by atoms with Crippen molar-refractivity contribution < 1.29 is 9.59 Å². The lowest BCUT2D eigenvalue weighted by Gasteiger charge is -2.16. The summed E-state index contributed by atoms with van der Waals surface area (Å²) in [6.07, 6.45) is 3.00. The number of rotatable bonds is 10. The summed E-state index contributed by atoms with van der Waals surface area (Å²) in [6.45, 7) is 2.54. The minimum Gasteiger partial charge on any atom is -0.348 e. The molecule has 0 spiro atoms. The molecule has 0 aliphatic heterocycles. The lowest BCUT2D eigenvalue weighted by molar-refractivity contribution is -0.113. The van der Waals surface area contributed by atoms with Crippen molar-refractivity contribution in [2.45, 2.75) is 36.4 Å². The fourth-order valence-electron chi connectivity index (χ4n) is 2.35. The molecular weight excluding hydrogens is 366 g/mol. The Balaban J connectivity index is 1.82. The predicted octanol–water partition coefficient (Wildman–Crippen LogP) is 3.73. The molecule has 2 amide bonds. The van der Waals surface area contributed by atoms with Gasteiger partial charge in [-0.2, -0.15) is 0 Å². The largest absolute Gasteiger partial charge is 0.348 e. The van der Waals surface area contributed by atoms with E-state index in [1.807, 2.05) is 17.5 Å². The SMILES string of the molecule is CCCCC(CN)NC(=O)c1ccc(NC(=O)CSc2cccs2)cc1. The Hall–Kier alpha value is -1.83. The molecule has 0 aliphatic carbocycles. The number of carbonyl (C=O) groups excluding carboxylic acids is 2. The van der Waals surface area contributed by atoms with E-state index < -0.39 is 0 Å². The van der Waals surface area contributed by atoms with Crippen LogP contribution >= 0.6 is 23.1 Å². The first-order chi connectivity index (χ1) is 12.6. The summed E-state index contributed by atoms with van der Waals surface area (Å²) in [5.41, 5.74) is 6.96. The number of unbranched alkanes of at least 4 members (excludes halogenated alkanes) is 1. The third-order valence-electron chi connectivity index (χ3n) is 3.80. The minimum absolute atomic E-state index is 0.00361. The van der Waals surface area contributed by atoms with Gasteiger partial charge in [0.1, 0.15) is 0 Å². The third-order valence-corrected chi connectivity index (χ3v) is 5.93. The summed E-state index contributed by atoms with van der Waals surface area (Å²) >= 11 is 3.13. The summed E-state index contributed by atoms with van der Waals surface area (Å²) in [4.78, 5) is 24.3. The highest BCUT2D eigenvalue weighted by molar-refractivity contribution is 8.01. The maximum Gasteiger partial charge on any atom is 0.251 e. The highest BCUT2D eigenvalue weighted by Crippen LogP contribution is 2.23. The monoisotopic (exact) mass is 391 g/mol. The summed E-state index contributed by atoms with van der Waals surface area (Å²) in [7, 11) is 0. The highest BCUT2D eigenvalue weighted by atomic mass is 32.2. The molecule has 4 N–H and O–H groups in total. The second-order valence-corrected chi connectivity index (χ2v) is 8.12. The van der Waals surface area contributed by atoms with E-state index in [1.54, 1.807) is 35.6 Å². The molecule has 1 unspecified atom stereocenters. The Morgan fingerprint density at radius 2 is 2.00 bits per heavy atom. The van der Waals surface area contributed by atoms with Crippen LogP contribution in [0.25, 0.3) is 0 Å². The highest BCUT2D eigenvalue weighted by Gasteiger charge is 2.12. The number of thiophene rings is 1. The Morgan fingerprint density at radius 3 is 2.62 bits per heavy atom. The average molecular weight is 392 g/mol. The number of hydrogen-bond acceptors (Lipinski definition) is 5. The van der Waals surface area contributed by atoms with Crippen molar-refractivity contribution in [2.75, 3.05) is 17.6 Å². The van der Waals surface area contributed by atoms with Gasteiger partial charge in [0.25, 0.3) is 5.91 Å². The third kappa shape index (κ3) is 6.82. The average Bonchev–Trinajstić information content (AvgIpc) is 3.17. The quantitative estimate of drug-likeness (QED) is 0.539. The van der Waals surface area contributed by atoms with Crippen molar-refractivity contribution in [3.63, 3.8) is 0 Å². The van der Waals surface area contributed by atoms with E-state index in [0.717, 1.165) is 23.5 Å². The van der Waals surface area contributed by atoms with E-state index in [-0.39, 0.29) is 17.9 Å². The maximum absolute atomic E-state index is 12.3. The van der Waals surface area contributed by atoms with Gasteiger partial charge in [-0.05, 0) is 42.1 Å². The van der Waals surface area contributed by atoms with Crippen LogP contribution < -0.4 is 16.4 Å². The Morgan fingerprint density at radius 1 is 1.23 bits per heavy atom. The molecule has 5 nitrogen and oxygen atoms in total. The number of amides is 2. The molecule has 140 valence electrons. The van der Waals surface area contributed by atoms with Crippen LogP contribution in [0.5, 0.6) is 0 Å². The molecule has 2 rings (SSSR count). The molecule has 0 radical (unpaired) electrons. The zero-order valence-electron chi connectivity index (χ0n) is 14.9. The number of carbonyl (C=O) groups is 2. The first-order valence-corrected chi connectivity index (χ1v) is 10.6. The van der Waals surface area contributed by atoms with E-state index in [1.165, 1.54) is 11.8 Å². The number of thioether (sulfide) groups is 1. The van der Waals surface area contributed by atoms with Gasteiger partial charge >= 0.3 is 0 Å². The van der Waals surface area contributed by atoms with Gasteiger partial charge in [-0.3, -0.25) is 9.59 Å². The van der Waals surface area contributed by atoms with Gasteiger partial charge in [0, 0.05) is 23.8 Å². The molecule has 26 heavy (non-hydrogen) atoms. The number of benzene rings is 1. The first-order valence-electron chi connectivity index (χ1n) is 8.69. The van der Waals surface area contributed by atoms with Crippen LogP contribution in [0.15, 0.2) is 46.0 Å². The molecular formula is C19H25N3O2S2. The molecule has 2 aromatic rings. The molecule has 1 atom stereocenters. The van der Waals surface area contributed by atoms with Crippen LogP contribution in [-0.2, 0) is 4.79 Å². The molecule has 1 heterocycles. The Labute approximate surface area is 162 Å². The second kappa shape index (κ2) is 11.0. The zero-order chi connectivity index (χ0) is 18.8. The van der Waals surface area contributed by atoms with Crippen LogP contribution in [0.3, 0.4) is 0 Å². The number of nitrogens with one attached hydrogen (secondary N) is 2. The van der Waals surface area contributed by atoms with Crippen molar-refractivity contribution in [3.05, 3.63) is 47.3 Å². The Kier molecular flexibility index (Phi) is 8.67. The smallest absolute Gasteiger partial charge is 0.251 e. The fraction of sp³-hybridized carbons (Fsp3) is 0.368. The van der Waals surface area contributed by atoms with E-state index in [4.69, 9.17) is 5.73 Å². The van der Waals surface area contributed by atoms with Gasteiger partial charge in [0.05, 0.1) is 9.96 Å². The van der Waals surface area contributed by atoms with Crippen LogP contribution in [0.4, 0.5) is 5.69 Å². The van der Waals surface area contributed by atoms with E-state index in [0.29, 0.717) is 23.5 Å². The zero-order valence-corrected chi connectivity index (χ0v) is 16.5. The lowest BCUT2D eigenvalue weighted by atomic mass is 10.1. The number of anilines is 1. The molecule has 0 aliphatic rings. The fourth-order valence-corrected chi connectivity index (χ4v) is 3.94. The molecule has 0 saturated heterocycles. The summed E-state index contributed by atoms with van der Waals surface area (Å²) in [5.74, 6) is 0.157. The van der Waals surface area contributed by atoms with Crippen molar-refractivity contribution in [1.29, 1.82) is 0 Å². The van der Waals surface area contributed by atoms with Crippen molar-refractivity contribution >= 4 is 40.6 Å². The van der Waals surface area contributed by atoms with Gasteiger partial charge in [-0.15, -0.1) is 23.1 Å². The predicted molar refractivity (Wildman–Crippen MR) is 110 cm³/mol. The van der Waals surface area contributed by atoms with Gasteiger partial charge in [0.2, 0.25) is 5.91 Å². The minimum atomic E-state index is -0.136. The van der Waals surface area contributed by atoms with Gasteiger partial charge in [-0.25, -0.2) is 0 Å². The normalized spacial score (nSPS) is 11.8. The van der Waals surface area contributed by atoms with E-state index >= 15 is 0 Å². The molecule has 0 bridgehead atoms. The van der Waals surface area contributed by atoms with Crippen molar-refractivity contribution in [1.82, 2.24) is 5.32 Å². The van der Waals surface area contributed by atoms with Crippen molar-refractivity contribution in [2.24, 2.45) is 5.73 Å². The second-order valence-electron chi connectivity index (χ2n) is 5.89. The lowest BCUT2D eigenvalue weighted by Crippen LogP contribution is -2.40. The molecule has 0 saturated carbocycles. The molecule has 0 fully saturated rings. The summed E-state index contributed by atoms with van der Waals surface area (Å²) < 4.78 is 1.12. The summed E-state index contributed by atoms with van der Waals surface area (Å²) in [5, 5.41) is 7.79. The topological polar surface area (TPSA) is 84.2 Å². The van der Waals surface area contributed by atoms with E-state index in [2.05, 4.69) is 17.6 Å². The number of nitrogens with two attached hydrogens (primary N) is 1. The van der Waals surface area contributed by atoms with Gasteiger partial charge < -0.3 is 16.4 Å². The Bertz CT molecular complexity index is 687. The van der Waals surface area contributed by atoms with Crippen LogP contribution in [0.2, 0.25) is 0 Å². The standard InChI is InChI=1S/C19H25N3O2S2/c1-2-3-5-16(12-20)22-19(24)14-7-9-15(10-8-14)21-17(23)13-26-18-6-4-11-25-18/h4,6-11,16H,2-3,5,12-13,20H2,1H3,(H,21,23)(H,22,24). The van der Waals surface area contributed by atoms with Gasteiger partial charge in [-0.1, -0.05) is 25.8 Å². The maximum atomic E-state index is 12.3. The first kappa shape index (κ1) is 20.5.